The van der Waals surface area contributed by atoms with Gasteiger partial charge in [0.1, 0.15) is 5.75 Å². The lowest BCUT2D eigenvalue weighted by atomic mass is 9.76. The molecule has 1 N–H and O–H groups in total. The summed E-state index contributed by atoms with van der Waals surface area (Å²) in [4.78, 5) is 13.3. The Bertz CT molecular complexity index is 1130. The monoisotopic (exact) mass is 527 g/mol. The molecule has 39 heavy (non-hydrogen) atoms. The number of hydrogen-bond donors (Lipinski definition) is 1. The van der Waals surface area contributed by atoms with Crippen molar-refractivity contribution in [1.29, 1.82) is 0 Å². The van der Waals surface area contributed by atoms with Crippen molar-refractivity contribution in [2.45, 2.75) is 77.4 Å². The lowest BCUT2D eigenvalue weighted by Gasteiger charge is -2.37. The van der Waals surface area contributed by atoms with Crippen LogP contribution in [0.15, 0.2) is 84.9 Å². The van der Waals surface area contributed by atoms with E-state index in [0.717, 1.165) is 42.7 Å². The van der Waals surface area contributed by atoms with Crippen LogP contribution < -0.4 is 10.1 Å². The molecule has 0 spiro atoms. The molecule has 208 valence electrons. The van der Waals surface area contributed by atoms with Crippen molar-refractivity contribution in [3.8, 4) is 5.75 Å². The van der Waals surface area contributed by atoms with Crippen molar-refractivity contribution < 1.29 is 14.3 Å². The molecule has 4 heteroatoms. The molecule has 1 aliphatic rings. The summed E-state index contributed by atoms with van der Waals surface area (Å²) < 4.78 is 11.9. The van der Waals surface area contributed by atoms with Gasteiger partial charge in [0.15, 0.2) is 0 Å². The van der Waals surface area contributed by atoms with E-state index in [1.165, 1.54) is 5.56 Å². The first-order chi connectivity index (χ1) is 18.9. The van der Waals surface area contributed by atoms with Crippen LogP contribution in [0.1, 0.15) is 81.9 Å². The second-order valence-electron chi connectivity index (χ2n) is 11.5. The highest BCUT2D eigenvalue weighted by atomic mass is 16.5. The summed E-state index contributed by atoms with van der Waals surface area (Å²) in [6.07, 6.45) is 3.94. The number of carbonyl (C=O) groups excluding carboxylic acids is 1. The number of hydrogen-bond acceptors (Lipinski definition) is 3. The Hall–Kier alpha value is -3.11. The third-order valence-corrected chi connectivity index (χ3v) is 7.92. The van der Waals surface area contributed by atoms with E-state index in [1.807, 2.05) is 44.2 Å². The number of ether oxygens (including phenoxy) is 2. The van der Waals surface area contributed by atoms with Crippen molar-refractivity contribution in [2.75, 3.05) is 13.2 Å². The average molecular weight is 528 g/mol. The maximum Gasteiger partial charge on any atom is 0.220 e. The van der Waals surface area contributed by atoms with Gasteiger partial charge in [0.2, 0.25) is 5.91 Å². The number of amides is 1. The molecule has 3 aromatic rings. The first kappa shape index (κ1) is 28.9. The van der Waals surface area contributed by atoms with Crippen molar-refractivity contribution >= 4 is 5.91 Å². The van der Waals surface area contributed by atoms with Gasteiger partial charge < -0.3 is 14.8 Å². The second kappa shape index (κ2) is 14.3. The van der Waals surface area contributed by atoms with Crippen molar-refractivity contribution in [2.24, 2.45) is 11.8 Å². The van der Waals surface area contributed by atoms with Gasteiger partial charge in [0.25, 0.3) is 0 Å². The van der Waals surface area contributed by atoms with Crippen LogP contribution in [-0.4, -0.2) is 31.3 Å². The molecule has 1 fully saturated rings. The minimum absolute atomic E-state index is 0.00786. The summed E-state index contributed by atoms with van der Waals surface area (Å²) in [6, 6.07) is 29.3. The molecule has 1 amide bonds. The van der Waals surface area contributed by atoms with Gasteiger partial charge >= 0.3 is 0 Å². The summed E-state index contributed by atoms with van der Waals surface area (Å²) in [7, 11) is 0. The van der Waals surface area contributed by atoms with E-state index in [2.05, 4.69) is 73.8 Å². The molecule has 0 bridgehead atoms. The van der Waals surface area contributed by atoms with E-state index >= 15 is 0 Å². The molecule has 1 aliphatic heterocycles. The quantitative estimate of drug-likeness (QED) is 0.262. The van der Waals surface area contributed by atoms with Crippen LogP contribution >= 0.6 is 0 Å². The second-order valence-corrected chi connectivity index (χ2v) is 11.5. The predicted octanol–water partition coefficient (Wildman–Crippen LogP) is 7.74. The number of benzene rings is 3. The molecule has 4 rings (SSSR count). The summed E-state index contributed by atoms with van der Waals surface area (Å²) >= 11 is 0. The minimum atomic E-state index is -0.00786. The van der Waals surface area contributed by atoms with Crippen LogP contribution in [0.5, 0.6) is 5.75 Å². The average Bonchev–Trinajstić information content (AvgIpc) is 2.95. The Morgan fingerprint density at radius 1 is 0.872 bits per heavy atom. The topological polar surface area (TPSA) is 47.6 Å². The zero-order valence-corrected chi connectivity index (χ0v) is 24.0. The van der Waals surface area contributed by atoms with E-state index in [1.54, 1.807) is 0 Å². The smallest absolute Gasteiger partial charge is 0.220 e. The van der Waals surface area contributed by atoms with Crippen LogP contribution in [0.2, 0.25) is 0 Å². The molecular formula is C35H45NO3. The highest BCUT2D eigenvalue weighted by Gasteiger charge is 2.31. The molecule has 4 nitrogen and oxygen atoms in total. The largest absolute Gasteiger partial charge is 0.491 e. The van der Waals surface area contributed by atoms with Gasteiger partial charge in [-0.15, -0.1) is 0 Å². The lowest BCUT2D eigenvalue weighted by molar-refractivity contribution is -0.121. The van der Waals surface area contributed by atoms with Crippen LogP contribution in [-0.2, 0) is 9.53 Å². The maximum absolute atomic E-state index is 13.3. The van der Waals surface area contributed by atoms with Gasteiger partial charge in [-0.2, -0.15) is 0 Å². The van der Waals surface area contributed by atoms with E-state index in [4.69, 9.17) is 9.47 Å². The third kappa shape index (κ3) is 8.44. The van der Waals surface area contributed by atoms with E-state index < -0.39 is 0 Å². The van der Waals surface area contributed by atoms with Gasteiger partial charge in [0, 0.05) is 25.5 Å². The van der Waals surface area contributed by atoms with E-state index in [9.17, 15) is 4.79 Å². The Morgan fingerprint density at radius 2 is 1.49 bits per heavy atom. The first-order valence-corrected chi connectivity index (χ1v) is 14.7. The fourth-order valence-electron chi connectivity index (χ4n) is 5.85. The van der Waals surface area contributed by atoms with Crippen LogP contribution in [0.25, 0.3) is 0 Å². The zero-order chi connectivity index (χ0) is 27.6. The standard InChI is InChI=1S/C35H45NO3/c1-25(2)34-23-30(20-22-38-34)32(27-11-7-5-8-12-27)19-21-36-35(37)24-33(28-13-9-6-10-14-28)29-15-17-31(18-16-29)39-26(3)4/h5-18,25-26,30,32-34H,19-24H2,1-4H3,(H,36,37)/t30-,32+,33-,34+/m1/s1. The molecule has 0 aliphatic carbocycles. The summed E-state index contributed by atoms with van der Waals surface area (Å²) in [5, 5.41) is 3.27. The summed E-state index contributed by atoms with van der Waals surface area (Å²) in [5.41, 5.74) is 3.64. The molecule has 0 radical (unpaired) electrons. The molecule has 4 atom stereocenters. The Kier molecular flexibility index (Phi) is 10.6. The van der Waals surface area contributed by atoms with Crippen molar-refractivity contribution in [1.82, 2.24) is 5.32 Å². The van der Waals surface area contributed by atoms with Gasteiger partial charge in [-0.05, 0) is 79.7 Å². The zero-order valence-electron chi connectivity index (χ0n) is 24.0. The Balaban J connectivity index is 1.42. The number of nitrogens with one attached hydrogen (secondary N) is 1. The van der Waals surface area contributed by atoms with E-state index in [-0.39, 0.29) is 17.9 Å². The normalized spacial score (nSPS) is 19.0. The van der Waals surface area contributed by atoms with Gasteiger partial charge in [-0.1, -0.05) is 86.6 Å². The van der Waals surface area contributed by atoms with E-state index in [0.29, 0.717) is 36.8 Å². The van der Waals surface area contributed by atoms with Gasteiger partial charge in [-0.25, -0.2) is 0 Å². The molecule has 0 aromatic heterocycles. The van der Waals surface area contributed by atoms with Crippen LogP contribution in [0, 0.1) is 11.8 Å². The maximum atomic E-state index is 13.3. The molecular weight excluding hydrogens is 482 g/mol. The molecule has 1 saturated heterocycles. The fraction of sp³-hybridized carbons (Fsp3) is 0.457. The molecule has 0 unspecified atom stereocenters. The van der Waals surface area contributed by atoms with Crippen molar-refractivity contribution in [3.63, 3.8) is 0 Å². The SMILES string of the molecule is CC(C)Oc1ccc([C@H](CC(=O)NCC[C@@H](c2ccccc2)[C@@H]2CCO[C@H](C(C)C)C2)c2ccccc2)cc1. The highest BCUT2D eigenvalue weighted by molar-refractivity contribution is 5.77. The fourth-order valence-corrected chi connectivity index (χ4v) is 5.85. The lowest BCUT2D eigenvalue weighted by Crippen LogP contribution is -2.34. The van der Waals surface area contributed by atoms with Crippen LogP contribution in [0.3, 0.4) is 0 Å². The number of carbonyl (C=O) groups is 1. The summed E-state index contributed by atoms with van der Waals surface area (Å²) in [5.74, 6) is 2.43. The van der Waals surface area contributed by atoms with Crippen molar-refractivity contribution in [3.05, 3.63) is 102 Å². The molecule has 3 aromatic carbocycles. The Morgan fingerprint density at radius 3 is 2.10 bits per heavy atom. The van der Waals surface area contributed by atoms with Gasteiger partial charge in [0.05, 0.1) is 12.2 Å². The number of rotatable bonds is 12. The highest BCUT2D eigenvalue weighted by Crippen LogP contribution is 2.38. The minimum Gasteiger partial charge on any atom is -0.491 e. The van der Waals surface area contributed by atoms with Gasteiger partial charge in [-0.3, -0.25) is 4.79 Å². The molecule has 1 heterocycles. The third-order valence-electron chi connectivity index (χ3n) is 7.92. The van der Waals surface area contributed by atoms with Crippen LogP contribution in [0.4, 0.5) is 0 Å². The molecule has 0 saturated carbocycles. The first-order valence-electron chi connectivity index (χ1n) is 14.7. The predicted molar refractivity (Wildman–Crippen MR) is 159 cm³/mol. The summed E-state index contributed by atoms with van der Waals surface area (Å²) in [6.45, 7) is 10.0. The Labute approximate surface area is 235 Å².